The number of imidazole rings is 1. The highest BCUT2D eigenvalue weighted by atomic mass is 79.9. The summed E-state index contributed by atoms with van der Waals surface area (Å²) in [7, 11) is 1.21. The van der Waals surface area contributed by atoms with E-state index in [1.54, 1.807) is 6.07 Å². The minimum Gasteiger partial charge on any atom is -0.312 e. The Morgan fingerprint density at radius 2 is 2.00 bits per heavy atom. The van der Waals surface area contributed by atoms with Crippen molar-refractivity contribution in [3.63, 3.8) is 0 Å². The van der Waals surface area contributed by atoms with Crippen LogP contribution in [0.15, 0.2) is 51.2 Å². The number of carbonyl (C=O) groups excluding carboxylic acids is 1. The van der Waals surface area contributed by atoms with Crippen LogP contribution in [-0.4, -0.2) is 34.1 Å². The third kappa shape index (κ3) is 5.78. The van der Waals surface area contributed by atoms with Crippen LogP contribution in [0.2, 0.25) is 0 Å². The van der Waals surface area contributed by atoms with Gasteiger partial charge < -0.3 is 9.13 Å². The molecule has 0 unspecified atom stereocenters. The van der Waals surface area contributed by atoms with Crippen LogP contribution in [0.25, 0.3) is 11.0 Å². The minimum atomic E-state index is -4.71. The molecule has 0 amide bonds. The molecule has 2 rings (SSSR count). The van der Waals surface area contributed by atoms with Crippen LogP contribution in [0.3, 0.4) is 0 Å². The summed E-state index contributed by atoms with van der Waals surface area (Å²) in [6.07, 6.45) is -6.98. The summed E-state index contributed by atoms with van der Waals surface area (Å²) < 4.78 is 79.8. The fourth-order valence-electron chi connectivity index (χ4n) is 3.12. The van der Waals surface area contributed by atoms with Crippen molar-refractivity contribution in [2.45, 2.75) is 19.1 Å². The molecule has 1 aromatic heterocycles. The van der Waals surface area contributed by atoms with Gasteiger partial charge in [-0.2, -0.15) is 18.4 Å². The van der Waals surface area contributed by atoms with Crippen molar-refractivity contribution in [3.8, 4) is 6.07 Å². The lowest BCUT2D eigenvalue weighted by molar-refractivity contribution is -0.118. The Morgan fingerprint density at radius 3 is 2.45 bits per heavy atom. The Bertz CT molecular complexity index is 1300. The van der Waals surface area contributed by atoms with Gasteiger partial charge in [0.25, 0.3) is 6.43 Å². The van der Waals surface area contributed by atoms with Crippen molar-refractivity contribution in [2.75, 3.05) is 6.54 Å². The zero-order chi connectivity index (χ0) is 25.2. The Hall–Kier alpha value is -2.78. The van der Waals surface area contributed by atoms with Gasteiger partial charge in [-0.3, -0.25) is 4.79 Å². The molecule has 0 saturated carbocycles. The molecular formula is C20H14BrClF6N4O. The number of Topliss-reactive ketones (excluding diaryl/α,β-unsaturated/α-hetero) is 1. The Balaban J connectivity index is 3.00. The fraction of sp³-hybridized carbons (Fsp3) is 0.250. The molecule has 0 fully saturated rings. The number of benzene rings is 1. The predicted octanol–water partition coefficient (Wildman–Crippen LogP) is 5.69. The number of halogens is 8. The number of allylic oxidation sites excluding steroid dienone is 4. The molecule has 1 aromatic carbocycles. The summed E-state index contributed by atoms with van der Waals surface area (Å²) >= 11 is 8.89. The van der Waals surface area contributed by atoms with Crippen LogP contribution < -0.4 is 5.62 Å². The number of hydrogen-bond donors (Lipinski definition) is 0. The van der Waals surface area contributed by atoms with Crippen molar-refractivity contribution in [2.24, 2.45) is 12.0 Å². The van der Waals surface area contributed by atoms with Gasteiger partial charge in [0.15, 0.2) is 5.78 Å². The molecule has 0 spiro atoms. The maximum atomic E-state index is 13.4. The Labute approximate surface area is 196 Å². The summed E-state index contributed by atoms with van der Waals surface area (Å²) in [5.74, 6) is -1.98. The van der Waals surface area contributed by atoms with Crippen LogP contribution in [-0.2, 0) is 13.6 Å². The first-order valence-corrected chi connectivity index (χ1v) is 9.99. The van der Waals surface area contributed by atoms with E-state index < -0.39 is 48.5 Å². The molecule has 2 aromatic rings. The van der Waals surface area contributed by atoms with E-state index in [0.29, 0.717) is 6.08 Å². The van der Waals surface area contributed by atoms with E-state index in [0.717, 1.165) is 9.13 Å². The SMILES string of the molecule is C=C(F)/C=C(\C(=C)Cl)C(=O)c1c(Br)cc2c(c1C#N)n(C)c(=NCC(F)(F)F)n2CC(F)F. The van der Waals surface area contributed by atoms with E-state index in [9.17, 15) is 36.4 Å². The molecule has 0 aliphatic heterocycles. The van der Waals surface area contributed by atoms with Gasteiger partial charge in [-0.25, -0.2) is 18.2 Å². The highest BCUT2D eigenvalue weighted by Gasteiger charge is 2.29. The van der Waals surface area contributed by atoms with Crippen LogP contribution in [0.4, 0.5) is 26.3 Å². The third-order valence-corrected chi connectivity index (χ3v) is 5.13. The third-order valence-electron chi connectivity index (χ3n) is 4.30. The second-order valence-electron chi connectivity index (χ2n) is 6.62. The first kappa shape index (κ1) is 26.5. The van der Waals surface area contributed by atoms with Gasteiger partial charge in [0.05, 0.1) is 28.7 Å². The standard InChI is InChI=1S/C20H14BrClF6N4O/c1-9(23)4-11(10(2)22)18(33)16-12(6-29)17-14(5-13(16)21)32(7-15(24)25)19(31(17)3)30-8-20(26,27)28/h4-5,15H,1-2,7-8H2,3H3/b11-4+,30-19?. The van der Waals surface area contributed by atoms with Gasteiger partial charge in [0.2, 0.25) is 5.62 Å². The van der Waals surface area contributed by atoms with Gasteiger partial charge in [0.1, 0.15) is 18.4 Å². The monoisotopic (exact) mass is 554 g/mol. The molecule has 0 saturated heterocycles. The normalized spacial score (nSPS) is 13.0. The van der Waals surface area contributed by atoms with Crippen molar-refractivity contribution in [1.82, 2.24) is 9.13 Å². The van der Waals surface area contributed by atoms with E-state index >= 15 is 0 Å². The molecule has 0 radical (unpaired) electrons. The summed E-state index contributed by atoms with van der Waals surface area (Å²) in [5.41, 5.74) is -1.85. The average Bonchev–Trinajstić information content (AvgIpc) is 2.92. The highest BCUT2D eigenvalue weighted by Crippen LogP contribution is 2.33. The number of nitrogens with zero attached hydrogens (tertiary/aromatic N) is 4. The van der Waals surface area contributed by atoms with Gasteiger partial charge in [-0.15, -0.1) is 0 Å². The van der Waals surface area contributed by atoms with Crippen molar-refractivity contribution < 1.29 is 31.1 Å². The average molecular weight is 556 g/mol. The molecule has 5 nitrogen and oxygen atoms in total. The molecule has 0 N–H and O–H groups in total. The van der Waals surface area contributed by atoms with Gasteiger partial charge in [-0.1, -0.05) is 24.8 Å². The molecule has 1 heterocycles. The summed E-state index contributed by atoms with van der Waals surface area (Å²) in [6, 6.07) is 2.94. The number of ketones is 1. The van der Waals surface area contributed by atoms with Crippen molar-refractivity contribution >= 4 is 44.3 Å². The number of alkyl halides is 5. The second kappa shape index (κ2) is 10.0. The first-order chi connectivity index (χ1) is 15.2. The number of aryl methyl sites for hydroxylation is 1. The lowest BCUT2D eigenvalue weighted by Gasteiger charge is -2.11. The van der Waals surface area contributed by atoms with Crippen LogP contribution in [0.1, 0.15) is 15.9 Å². The second-order valence-corrected chi connectivity index (χ2v) is 7.93. The summed E-state index contributed by atoms with van der Waals surface area (Å²) in [4.78, 5) is 16.5. The summed E-state index contributed by atoms with van der Waals surface area (Å²) in [6.45, 7) is 3.70. The number of hydrogen-bond acceptors (Lipinski definition) is 3. The first-order valence-electron chi connectivity index (χ1n) is 8.82. The van der Waals surface area contributed by atoms with E-state index in [1.165, 1.54) is 13.1 Å². The zero-order valence-electron chi connectivity index (χ0n) is 16.8. The maximum Gasteiger partial charge on any atom is 0.408 e. The Morgan fingerprint density at radius 1 is 1.39 bits per heavy atom. The molecule has 0 aliphatic rings. The number of fused-ring (bicyclic) bond motifs is 1. The minimum absolute atomic E-state index is 0.0687. The Kier molecular flexibility index (Phi) is 8.03. The lowest BCUT2D eigenvalue weighted by Crippen LogP contribution is -2.29. The largest absolute Gasteiger partial charge is 0.408 e. The molecule has 0 bridgehead atoms. The van der Waals surface area contributed by atoms with Gasteiger partial charge in [-0.05, 0) is 28.1 Å². The van der Waals surface area contributed by atoms with Crippen molar-refractivity contribution in [1.29, 1.82) is 5.26 Å². The lowest BCUT2D eigenvalue weighted by atomic mass is 9.97. The predicted molar refractivity (Wildman–Crippen MR) is 113 cm³/mol. The van der Waals surface area contributed by atoms with Crippen LogP contribution in [0, 0.1) is 11.3 Å². The maximum absolute atomic E-state index is 13.4. The van der Waals surface area contributed by atoms with E-state index in [-0.39, 0.29) is 31.7 Å². The fourth-order valence-corrected chi connectivity index (χ4v) is 3.86. The number of carbonyl (C=O) groups is 1. The van der Waals surface area contributed by atoms with Gasteiger partial charge in [0, 0.05) is 22.1 Å². The van der Waals surface area contributed by atoms with Crippen LogP contribution in [0.5, 0.6) is 0 Å². The molecule has 176 valence electrons. The molecule has 33 heavy (non-hydrogen) atoms. The number of rotatable bonds is 7. The topological polar surface area (TPSA) is 63.1 Å². The smallest absolute Gasteiger partial charge is 0.312 e. The van der Waals surface area contributed by atoms with Gasteiger partial charge >= 0.3 is 6.18 Å². The summed E-state index contributed by atoms with van der Waals surface area (Å²) in [5, 5.41) is 9.42. The zero-order valence-corrected chi connectivity index (χ0v) is 19.1. The molecule has 13 heteroatoms. The molecular weight excluding hydrogens is 542 g/mol. The quantitative estimate of drug-likeness (QED) is 0.191. The number of nitriles is 1. The van der Waals surface area contributed by atoms with Crippen LogP contribution >= 0.6 is 27.5 Å². The number of aromatic nitrogens is 2. The highest BCUT2D eigenvalue weighted by molar-refractivity contribution is 9.10. The molecule has 0 atom stereocenters. The van der Waals surface area contributed by atoms with E-state index in [1.807, 2.05) is 0 Å². The van der Waals surface area contributed by atoms with E-state index in [2.05, 4.69) is 34.1 Å². The molecule has 0 aliphatic carbocycles. The van der Waals surface area contributed by atoms with Crippen molar-refractivity contribution in [3.05, 3.63) is 63.0 Å². The van der Waals surface area contributed by atoms with E-state index in [4.69, 9.17) is 11.6 Å².